The van der Waals surface area contributed by atoms with Gasteiger partial charge in [-0.1, -0.05) is 53.2 Å². The molecule has 4 heteroatoms. The average Bonchev–Trinajstić information content (AvgIpc) is 2.52. The van der Waals surface area contributed by atoms with Gasteiger partial charge in [-0.3, -0.25) is 0 Å². The van der Waals surface area contributed by atoms with E-state index in [2.05, 4.69) is 34.2 Å². The lowest BCUT2D eigenvalue weighted by molar-refractivity contribution is 0.280. The van der Waals surface area contributed by atoms with Gasteiger partial charge in [-0.05, 0) is 18.7 Å². The molecule has 1 N–H and O–H groups in total. The second-order valence-corrected chi connectivity index (χ2v) is 5.46. The van der Waals surface area contributed by atoms with E-state index in [4.69, 9.17) is 9.47 Å². The molecule has 21 heavy (non-hydrogen) atoms. The summed E-state index contributed by atoms with van der Waals surface area (Å²) < 4.78 is 12.5. The van der Waals surface area contributed by atoms with Crippen LogP contribution < -0.4 is 14.8 Å². The summed E-state index contributed by atoms with van der Waals surface area (Å²) in [6.45, 7) is 4.27. The molecule has 0 saturated heterocycles. The maximum atomic E-state index is 6.03. The quantitative estimate of drug-likeness (QED) is 0.814. The maximum absolute atomic E-state index is 6.03. The van der Waals surface area contributed by atoms with Crippen molar-refractivity contribution in [2.75, 3.05) is 13.7 Å². The van der Waals surface area contributed by atoms with Gasteiger partial charge < -0.3 is 14.8 Å². The molecule has 0 atom stereocenters. The number of benzene rings is 2. The first-order chi connectivity index (χ1) is 10.3. The van der Waals surface area contributed by atoms with Crippen molar-refractivity contribution in [2.24, 2.45) is 0 Å². The summed E-state index contributed by atoms with van der Waals surface area (Å²) in [5.41, 5.74) is 2.21. The van der Waals surface area contributed by atoms with Gasteiger partial charge in [0, 0.05) is 22.1 Å². The predicted molar refractivity (Wildman–Crippen MR) is 88.8 cm³/mol. The van der Waals surface area contributed by atoms with Crippen LogP contribution in [0, 0.1) is 0 Å². The van der Waals surface area contributed by atoms with Crippen LogP contribution in [0.15, 0.2) is 46.9 Å². The fraction of sp³-hybridized carbons (Fsp3) is 0.294. The molecule has 0 aliphatic carbocycles. The lowest BCUT2D eigenvalue weighted by atomic mass is 10.1. The van der Waals surface area contributed by atoms with E-state index in [1.165, 1.54) is 0 Å². The van der Waals surface area contributed by atoms with Crippen molar-refractivity contribution in [3.05, 3.63) is 58.1 Å². The minimum absolute atomic E-state index is 0.501. The van der Waals surface area contributed by atoms with Crippen LogP contribution in [0.1, 0.15) is 18.1 Å². The standard InChI is InChI=1S/C17H20BrNO2/c1-3-19-11-13-8-6-10-16(20-2)17(13)21-12-14-7-4-5-9-15(14)18/h4-10,19H,3,11-12H2,1-2H3. The Morgan fingerprint density at radius 1 is 1.05 bits per heavy atom. The van der Waals surface area contributed by atoms with Crippen LogP contribution in [-0.2, 0) is 13.2 Å². The Labute approximate surface area is 134 Å². The SMILES string of the molecule is CCNCc1cccc(OC)c1OCc1ccccc1Br. The first kappa shape index (κ1) is 15.9. The molecule has 3 nitrogen and oxygen atoms in total. The molecule has 0 heterocycles. The van der Waals surface area contributed by atoms with E-state index >= 15 is 0 Å². The van der Waals surface area contributed by atoms with E-state index in [1.54, 1.807) is 7.11 Å². The van der Waals surface area contributed by atoms with Gasteiger partial charge in [-0.25, -0.2) is 0 Å². The van der Waals surface area contributed by atoms with Crippen LogP contribution in [0.3, 0.4) is 0 Å². The van der Waals surface area contributed by atoms with Crippen LogP contribution in [0.25, 0.3) is 0 Å². The number of halogens is 1. The van der Waals surface area contributed by atoms with E-state index in [0.29, 0.717) is 6.61 Å². The molecule has 0 fully saturated rings. The molecule has 0 aliphatic rings. The Balaban J connectivity index is 2.19. The average molecular weight is 350 g/mol. The van der Waals surface area contributed by atoms with E-state index < -0.39 is 0 Å². The van der Waals surface area contributed by atoms with Crippen molar-refractivity contribution in [1.29, 1.82) is 0 Å². The Kier molecular flexibility index (Phi) is 6.08. The second kappa shape index (κ2) is 8.05. The van der Waals surface area contributed by atoms with Crippen molar-refractivity contribution < 1.29 is 9.47 Å². The van der Waals surface area contributed by atoms with Gasteiger partial charge in [0.15, 0.2) is 11.5 Å². The van der Waals surface area contributed by atoms with Gasteiger partial charge in [0.25, 0.3) is 0 Å². The Morgan fingerprint density at radius 2 is 1.81 bits per heavy atom. The first-order valence-electron chi connectivity index (χ1n) is 6.99. The lowest BCUT2D eigenvalue weighted by Crippen LogP contribution is -2.13. The molecular formula is C17H20BrNO2. The van der Waals surface area contributed by atoms with Gasteiger partial charge in [0.1, 0.15) is 6.61 Å². The smallest absolute Gasteiger partial charge is 0.166 e. The number of para-hydroxylation sites is 1. The molecular weight excluding hydrogens is 330 g/mol. The molecule has 0 aromatic heterocycles. The number of hydrogen-bond acceptors (Lipinski definition) is 3. The summed E-state index contributed by atoms with van der Waals surface area (Å²) in [5, 5.41) is 3.32. The third-order valence-corrected chi connectivity index (χ3v) is 3.95. The summed E-state index contributed by atoms with van der Waals surface area (Å²) in [6, 6.07) is 14.0. The molecule has 112 valence electrons. The maximum Gasteiger partial charge on any atom is 0.166 e. The van der Waals surface area contributed by atoms with Gasteiger partial charge in [0.05, 0.1) is 7.11 Å². The molecule has 2 rings (SSSR count). The zero-order valence-electron chi connectivity index (χ0n) is 12.4. The van der Waals surface area contributed by atoms with Crippen LogP contribution >= 0.6 is 15.9 Å². The number of hydrogen-bond donors (Lipinski definition) is 1. The molecule has 0 aliphatic heterocycles. The third-order valence-electron chi connectivity index (χ3n) is 3.18. The van der Waals surface area contributed by atoms with E-state index in [9.17, 15) is 0 Å². The summed E-state index contributed by atoms with van der Waals surface area (Å²) in [4.78, 5) is 0. The van der Waals surface area contributed by atoms with Crippen LogP contribution in [0.4, 0.5) is 0 Å². The topological polar surface area (TPSA) is 30.5 Å². The van der Waals surface area contributed by atoms with Gasteiger partial charge in [-0.2, -0.15) is 0 Å². The molecule has 0 saturated carbocycles. The highest BCUT2D eigenvalue weighted by Gasteiger charge is 2.11. The van der Waals surface area contributed by atoms with Gasteiger partial charge in [0.2, 0.25) is 0 Å². The first-order valence-corrected chi connectivity index (χ1v) is 7.78. The Hall–Kier alpha value is -1.52. The van der Waals surface area contributed by atoms with Crippen molar-refractivity contribution in [3.8, 4) is 11.5 Å². The summed E-state index contributed by atoms with van der Waals surface area (Å²) >= 11 is 3.54. The van der Waals surface area contributed by atoms with Gasteiger partial charge >= 0.3 is 0 Å². The minimum Gasteiger partial charge on any atom is -0.493 e. The van der Waals surface area contributed by atoms with Crippen LogP contribution in [-0.4, -0.2) is 13.7 Å². The highest BCUT2D eigenvalue weighted by atomic mass is 79.9. The molecule has 0 spiro atoms. The largest absolute Gasteiger partial charge is 0.493 e. The molecule has 2 aromatic carbocycles. The van der Waals surface area contributed by atoms with Crippen LogP contribution in [0.2, 0.25) is 0 Å². The highest BCUT2D eigenvalue weighted by Crippen LogP contribution is 2.32. The highest BCUT2D eigenvalue weighted by molar-refractivity contribution is 9.10. The molecule has 0 amide bonds. The number of ether oxygens (including phenoxy) is 2. The predicted octanol–water partition coefficient (Wildman–Crippen LogP) is 4.15. The molecule has 0 bridgehead atoms. The van der Waals surface area contributed by atoms with Gasteiger partial charge in [-0.15, -0.1) is 0 Å². The summed E-state index contributed by atoms with van der Waals surface area (Å²) in [7, 11) is 1.66. The van der Waals surface area contributed by atoms with E-state index in [-0.39, 0.29) is 0 Å². The second-order valence-electron chi connectivity index (χ2n) is 4.61. The third kappa shape index (κ3) is 4.22. The van der Waals surface area contributed by atoms with Crippen molar-refractivity contribution in [3.63, 3.8) is 0 Å². The monoisotopic (exact) mass is 349 g/mol. The number of methoxy groups -OCH3 is 1. The van der Waals surface area contributed by atoms with Crippen LogP contribution in [0.5, 0.6) is 11.5 Å². The van der Waals surface area contributed by atoms with E-state index in [1.807, 2.05) is 36.4 Å². The fourth-order valence-electron chi connectivity index (χ4n) is 2.05. The van der Waals surface area contributed by atoms with Crippen molar-refractivity contribution >= 4 is 15.9 Å². The minimum atomic E-state index is 0.501. The molecule has 0 unspecified atom stereocenters. The normalized spacial score (nSPS) is 10.4. The lowest BCUT2D eigenvalue weighted by Gasteiger charge is -2.16. The summed E-state index contributed by atoms with van der Waals surface area (Å²) in [5.74, 6) is 1.56. The number of rotatable bonds is 7. The van der Waals surface area contributed by atoms with Crippen molar-refractivity contribution in [2.45, 2.75) is 20.1 Å². The summed E-state index contributed by atoms with van der Waals surface area (Å²) in [6.07, 6.45) is 0. The Bertz CT molecular complexity index is 587. The number of nitrogens with one attached hydrogen (secondary N) is 1. The fourth-order valence-corrected chi connectivity index (χ4v) is 2.45. The van der Waals surface area contributed by atoms with E-state index in [0.717, 1.165) is 40.2 Å². The zero-order chi connectivity index (χ0) is 15.1. The molecule has 2 aromatic rings. The van der Waals surface area contributed by atoms with Crippen molar-refractivity contribution in [1.82, 2.24) is 5.32 Å². The Morgan fingerprint density at radius 3 is 2.52 bits per heavy atom. The zero-order valence-corrected chi connectivity index (χ0v) is 13.9. The molecule has 0 radical (unpaired) electrons.